The van der Waals surface area contributed by atoms with Gasteiger partial charge >= 0.3 is 5.97 Å². The van der Waals surface area contributed by atoms with Crippen LogP contribution in [0.15, 0.2) is 76.8 Å². The van der Waals surface area contributed by atoms with Gasteiger partial charge in [-0.15, -0.1) is 0 Å². The maximum atomic E-state index is 14.8. The number of aliphatic carboxylic acids is 1. The molecule has 2 heterocycles. The van der Waals surface area contributed by atoms with E-state index in [1.54, 1.807) is 47.9 Å². The number of nitrogens with one attached hydrogen (secondary N) is 1. The molecular weight excluding hydrogens is 720 g/mol. The van der Waals surface area contributed by atoms with Gasteiger partial charge in [0.05, 0.1) is 22.5 Å². The fourth-order valence-corrected chi connectivity index (χ4v) is 7.25. The van der Waals surface area contributed by atoms with Crippen molar-refractivity contribution in [2.45, 2.75) is 83.5 Å². The molecule has 8 nitrogen and oxygen atoms in total. The SMILES string of the molecule is CC(C)(CCC(=O)N1C[C@H]2CC(c3ccc(CCCOc4cc(F)ccc4Br)cc3)=C(C(=O)N(Cc3ccccc3F)C3CC3)[C@@H](C1)N2)C(=O)O. The number of fused-ring (bicyclic) bond motifs is 2. The first-order valence-corrected chi connectivity index (χ1v) is 18.4. The molecule has 0 radical (unpaired) electrons. The number of piperazine rings is 1. The van der Waals surface area contributed by atoms with Gasteiger partial charge in [-0.1, -0.05) is 42.5 Å². The summed E-state index contributed by atoms with van der Waals surface area (Å²) in [6.45, 7) is 4.55. The van der Waals surface area contributed by atoms with E-state index in [1.165, 1.54) is 18.2 Å². The zero-order valence-electron chi connectivity index (χ0n) is 29.0. The quantitative estimate of drug-likeness (QED) is 0.169. The lowest BCUT2D eigenvalue weighted by molar-refractivity contribution is -0.148. The molecule has 6 rings (SSSR count). The van der Waals surface area contributed by atoms with E-state index in [4.69, 9.17) is 4.74 Å². The first-order valence-electron chi connectivity index (χ1n) is 17.6. The molecular formula is C40H44BrF2N3O5. The number of hydrogen-bond acceptors (Lipinski definition) is 5. The molecule has 3 aromatic carbocycles. The summed E-state index contributed by atoms with van der Waals surface area (Å²) in [5.41, 5.74) is 2.99. The highest BCUT2D eigenvalue weighted by atomic mass is 79.9. The van der Waals surface area contributed by atoms with Crippen LogP contribution >= 0.6 is 15.9 Å². The van der Waals surface area contributed by atoms with E-state index in [0.29, 0.717) is 40.9 Å². The molecule has 0 aromatic heterocycles. The minimum atomic E-state index is -1.02. The molecule has 1 aliphatic carbocycles. The maximum absolute atomic E-state index is 14.8. The minimum absolute atomic E-state index is 0.0146. The van der Waals surface area contributed by atoms with E-state index >= 15 is 0 Å². The van der Waals surface area contributed by atoms with Gasteiger partial charge in [0.1, 0.15) is 17.4 Å². The Morgan fingerprint density at radius 1 is 1.04 bits per heavy atom. The van der Waals surface area contributed by atoms with Crippen molar-refractivity contribution in [2.75, 3.05) is 19.7 Å². The van der Waals surface area contributed by atoms with Crippen LogP contribution in [0.1, 0.15) is 69.1 Å². The van der Waals surface area contributed by atoms with Crippen LogP contribution in [-0.4, -0.2) is 70.5 Å². The number of halogens is 3. The lowest BCUT2D eigenvalue weighted by atomic mass is 9.82. The third-order valence-electron chi connectivity index (χ3n) is 10.1. The van der Waals surface area contributed by atoms with E-state index in [1.807, 2.05) is 12.1 Å². The Balaban J connectivity index is 1.23. The molecule has 3 aliphatic rings. The van der Waals surface area contributed by atoms with Crippen molar-refractivity contribution in [3.63, 3.8) is 0 Å². The van der Waals surface area contributed by atoms with Gasteiger partial charge in [0, 0.05) is 55.3 Å². The van der Waals surface area contributed by atoms with Crippen molar-refractivity contribution in [3.8, 4) is 5.75 Å². The zero-order valence-corrected chi connectivity index (χ0v) is 30.6. The average molecular weight is 765 g/mol. The number of nitrogens with zero attached hydrogens (tertiary/aromatic N) is 2. The minimum Gasteiger partial charge on any atom is -0.492 e. The van der Waals surface area contributed by atoms with Crippen molar-refractivity contribution in [3.05, 3.63) is 105 Å². The number of hydrogen-bond donors (Lipinski definition) is 2. The van der Waals surface area contributed by atoms with E-state index in [0.717, 1.165) is 42.4 Å². The molecule has 2 atom stereocenters. The Bertz CT molecular complexity index is 1810. The monoisotopic (exact) mass is 763 g/mol. The fourth-order valence-electron chi connectivity index (χ4n) is 6.89. The number of carboxylic acids is 1. The van der Waals surface area contributed by atoms with Crippen molar-refractivity contribution >= 4 is 39.3 Å². The summed E-state index contributed by atoms with van der Waals surface area (Å²) in [6, 6.07) is 18.6. The van der Waals surface area contributed by atoms with Crippen LogP contribution in [0.4, 0.5) is 8.78 Å². The van der Waals surface area contributed by atoms with Gasteiger partial charge in [-0.3, -0.25) is 14.4 Å². The molecule has 2 fully saturated rings. The Labute approximate surface area is 306 Å². The number of benzene rings is 3. The third-order valence-corrected chi connectivity index (χ3v) is 10.8. The second kappa shape index (κ2) is 15.7. The van der Waals surface area contributed by atoms with Gasteiger partial charge < -0.3 is 25.0 Å². The third kappa shape index (κ3) is 8.87. The molecule has 2 N–H and O–H groups in total. The summed E-state index contributed by atoms with van der Waals surface area (Å²) in [7, 11) is 0. The van der Waals surface area contributed by atoms with Gasteiger partial charge in [0.25, 0.3) is 5.91 Å². The van der Waals surface area contributed by atoms with Crippen molar-refractivity contribution in [1.29, 1.82) is 0 Å². The highest BCUT2D eigenvalue weighted by molar-refractivity contribution is 9.10. The molecule has 11 heteroatoms. The number of amides is 2. The van der Waals surface area contributed by atoms with Crippen LogP contribution in [0.5, 0.6) is 5.75 Å². The summed E-state index contributed by atoms with van der Waals surface area (Å²) < 4.78 is 34.9. The topological polar surface area (TPSA) is 99.2 Å². The second-order valence-corrected chi connectivity index (χ2v) is 15.3. The summed E-state index contributed by atoms with van der Waals surface area (Å²) in [4.78, 5) is 43.3. The Hall–Kier alpha value is -4.09. The van der Waals surface area contributed by atoms with Gasteiger partial charge in [-0.2, -0.15) is 0 Å². The predicted octanol–water partition coefficient (Wildman–Crippen LogP) is 7.15. The molecule has 2 amide bonds. The Morgan fingerprint density at radius 3 is 2.49 bits per heavy atom. The average Bonchev–Trinajstić information content (AvgIpc) is 3.95. The van der Waals surface area contributed by atoms with Crippen LogP contribution < -0.4 is 10.1 Å². The normalized spacial score (nSPS) is 18.8. The Morgan fingerprint density at radius 2 is 1.78 bits per heavy atom. The molecule has 2 aliphatic heterocycles. The van der Waals surface area contributed by atoms with Crippen molar-refractivity contribution < 1.29 is 33.0 Å². The summed E-state index contributed by atoms with van der Waals surface area (Å²) in [5, 5.41) is 13.2. The fraction of sp³-hybridized carbons (Fsp3) is 0.425. The van der Waals surface area contributed by atoms with Crippen molar-refractivity contribution in [2.24, 2.45) is 5.41 Å². The van der Waals surface area contributed by atoms with E-state index in [9.17, 15) is 28.3 Å². The number of carbonyl (C=O) groups is 3. The summed E-state index contributed by atoms with van der Waals surface area (Å²) in [6.07, 6.45) is 4.01. The molecule has 0 unspecified atom stereocenters. The number of aryl methyl sites for hydroxylation is 1. The number of carboxylic acid groups (broad SMARTS) is 1. The van der Waals surface area contributed by atoms with Crippen LogP contribution in [-0.2, 0) is 27.3 Å². The summed E-state index contributed by atoms with van der Waals surface area (Å²) >= 11 is 3.39. The van der Waals surface area contributed by atoms with Gasteiger partial charge in [0.15, 0.2) is 0 Å². The van der Waals surface area contributed by atoms with Crippen LogP contribution in [0.25, 0.3) is 5.57 Å². The first kappa shape index (κ1) is 36.7. The molecule has 270 valence electrons. The second-order valence-electron chi connectivity index (χ2n) is 14.5. The van der Waals surface area contributed by atoms with E-state index < -0.39 is 17.4 Å². The predicted molar refractivity (Wildman–Crippen MR) is 194 cm³/mol. The summed E-state index contributed by atoms with van der Waals surface area (Å²) in [5.74, 6) is -1.47. The van der Waals surface area contributed by atoms with Gasteiger partial charge in [0.2, 0.25) is 5.91 Å². The lowest BCUT2D eigenvalue weighted by Crippen LogP contribution is -2.62. The van der Waals surface area contributed by atoms with E-state index in [-0.39, 0.29) is 61.5 Å². The molecule has 2 bridgehead atoms. The van der Waals surface area contributed by atoms with Crippen LogP contribution in [0.3, 0.4) is 0 Å². The van der Waals surface area contributed by atoms with Gasteiger partial charge in [-0.05, 0) is 103 Å². The molecule has 3 aromatic rings. The van der Waals surface area contributed by atoms with Crippen molar-refractivity contribution in [1.82, 2.24) is 15.1 Å². The molecule has 1 saturated carbocycles. The lowest BCUT2D eigenvalue weighted by Gasteiger charge is -2.45. The number of rotatable bonds is 14. The van der Waals surface area contributed by atoms with Gasteiger partial charge in [-0.25, -0.2) is 8.78 Å². The van der Waals surface area contributed by atoms with Crippen LogP contribution in [0.2, 0.25) is 0 Å². The standard InChI is InChI=1S/C40H44BrF2N3O5/c1-40(2,39(49)50)18-17-36(47)45-23-29-21-31(26-11-9-25(10-12-26)6-5-19-51-35-20-28(42)13-16-32(35)41)37(34(24-45)44-29)38(48)46(30-14-15-30)22-27-7-3-4-8-33(27)43/h3-4,7-13,16,20,29-30,34,44H,5-6,14-15,17-19,21-24H2,1-2H3,(H,49,50)/t29-,34-/m1/s1. The highest BCUT2D eigenvalue weighted by Crippen LogP contribution is 2.38. The largest absolute Gasteiger partial charge is 0.492 e. The highest BCUT2D eigenvalue weighted by Gasteiger charge is 2.43. The first-order chi connectivity index (χ1) is 24.4. The molecule has 0 spiro atoms. The maximum Gasteiger partial charge on any atom is 0.309 e. The smallest absolute Gasteiger partial charge is 0.309 e. The van der Waals surface area contributed by atoms with E-state index in [2.05, 4.69) is 33.4 Å². The molecule has 1 saturated heterocycles. The van der Waals surface area contributed by atoms with Crippen LogP contribution in [0, 0.1) is 17.0 Å². The number of carbonyl (C=O) groups excluding carboxylic acids is 2. The molecule has 51 heavy (non-hydrogen) atoms. The number of ether oxygens (including phenoxy) is 1. The zero-order chi connectivity index (χ0) is 36.3. The Kier molecular flexibility index (Phi) is 11.3.